The first-order valence-corrected chi connectivity index (χ1v) is 14.1. The Morgan fingerprint density at radius 1 is 1.07 bits per heavy atom. The fourth-order valence-electron chi connectivity index (χ4n) is 6.60. The number of benzene rings is 2. The lowest BCUT2D eigenvalue weighted by molar-refractivity contribution is -0.123. The van der Waals surface area contributed by atoms with E-state index in [0.29, 0.717) is 16.8 Å². The van der Waals surface area contributed by atoms with Gasteiger partial charge in [-0.3, -0.25) is 28.9 Å². The lowest BCUT2D eigenvalue weighted by Gasteiger charge is -2.42. The van der Waals surface area contributed by atoms with Gasteiger partial charge in [0.25, 0.3) is 0 Å². The number of nitrogens with zero attached hydrogens (tertiary/aromatic N) is 1. The van der Waals surface area contributed by atoms with Crippen molar-refractivity contribution >= 4 is 62.4 Å². The highest BCUT2D eigenvalue weighted by Crippen LogP contribution is 2.56. The average Bonchev–Trinajstić information content (AvgIpc) is 3.21. The summed E-state index contributed by atoms with van der Waals surface area (Å²) in [5.41, 5.74) is 2.67. The Balaban J connectivity index is 1.48. The summed E-state index contributed by atoms with van der Waals surface area (Å²) in [6, 6.07) is 9.42. The number of hydrogen-bond donors (Lipinski definition) is 1. The van der Waals surface area contributed by atoms with Gasteiger partial charge in [-0.05, 0) is 83.6 Å². The zero-order valence-electron chi connectivity index (χ0n) is 21.9. The summed E-state index contributed by atoms with van der Waals surface area (Å²) < 4.78 is 5.44. The van der Waals surface area contributed by atoms with E-state index in [-0.39, 0.29) is 74.2 Å². The second kappa shape index (κ2) is 9.92. The number of phenolic OH excluding ortho intramolecular Hbond substituents is 1. The monoisotopic (exact) mass is 635 g/mol. The maximum atomic E-state index is 14.0. The number of imide groups is 1. The quantitative estimate of drug-likeness (QED) is 0.212. The minimum atomic E-state index is -0.756. The number of amides is 2. The Kier molecular flexibility index (Phi) is 6.62. The maximum absolute atomic E-state index is 14.0. The van der Waals surface area contributed by atoms with Gasteiger partial charge in [-0.1, -0.05) is 23.3 Å². The Morgan fingerprint density at radius 2 is 1.78 bits per heavy atom. The number of hydrogen-bond acceptors (Lipinski definition) is 7. The fraction of sp³-hybridized carbons (Fsp3) is 0.258. The van der Waals surface area contributed by atoms with E-state index >= 15 is 0 Å². The van der Waals surface area contributed by atoms with Crippen LogP contribution in [0.15, 0.2) is 69.8 Å². The second-order valence-corrected chi connectivity index (χ2v) is 11.8. The van der Waals surface area contributed by atoms with Gasteiger partial charge < -0.3 is 9.84 Å². The van der Waals surface area contributed by atoms with Crippen molar-refractivity contribution in [3.8, 4) is 11.5 Å². The molecule has 208 valence electrons. The molecule has 4 unspecified atom stereocenters. The predicted octanol–water partition coefficient (Wildman–Crippen LogP) is 5.22. The molecule has 1 saturated heterocycles. The highest BCUT2D eigenvalue weighted by molar-refractivity contribution is 9.12. The van der Waals surface area contributed by atoms with Crippen LogP contribution in [0.2, 0.25) is 5.02 Å². The van der Waals surface area contributed by atoms with E-state index < -0.39 is 23.7 Å². The van der Waals surface area contributed by atoms with E-state index in [1.807, 2.05) is 6.08 Å². The van der Waals surface area contributed by atoms with Gasteiger partial charge in [-0.25, -0.2) is 0 Å². The average molecular weight is 637 g/mol. The number of carbonyl (C=O) groups is 5. The van der Waals surface area contributed by atoms with E-state index in [1.165, 1.54) is 31.1 Å². The normalized spacial score (nSPS) is 25.4. The van der Waals surface area contributed by atoms with E-state index in [0.717, 1.165) is 5.57 Å². The van der Waals surface area contributed by atoms with Crippen molar-refractivity contribution in [3.63, 3.8) is 0 Å². The summed E-state index contributed by atoms with van der Waals surface area (Å²) in [5.74, 6) is -4.39. The molecule has 2 amide bonds. The standard InChI is InChI=1S/C31H23BrClNO7/c1-13(35)14-3-5-16(6-4-14)34-30(39)18-8-7-17-19(26(18)31(34)40)11-20-27(23(36)12-21(32)28(20)37)25(17)15-9-22(33)29(38)24(10-15)41-2/h3-7,9-10,12,18-19,25-26,38H,8,11H2,1-2H3. The summed E-state index contributed by atoms with van der Waals surface area (Å²) in [6.07, 6.45) is 3.53. The van der Waals surface area contributed by atoms with Gasteiger partial charge in [0, 0.05) is 28.7 Å². The van der Waals surface area contributed by atoms with E-state index in [4.69, 9.17) is 16.3 Å². The molecule has 41 heavy (non-hydrogen) atoms. The molecule has 1 aliphatic heterocycles. The lowest BCUT2D eigenvalue weighted by Crippen LogP contribution is -2.39. The number of rotatable bonds is 4. The largest absolute Gasteiger partial charge is 0.503 e. The van der Waals surface area contributed by atoms with Gasteiger partial charge in [0.05, 0.1) is 34.1 Å². The molecule has 0 saturated carbocycles. The van der Waals surface area contributed by atoms with Crippen LogP contribution in [0.4, 0.5) is 5.69 Å². The fourth-order valence-corrected chi connectivity index (χ4v) is 7.27. The smallest absolute Gasteiger partial charge is 0.238 e. The molecule has 6 rings (SSSR count). The van der Waals surface area contributed by atoms with Crippen molar-refractivity contribution in [3.05, 3.63) is 85.9 Å². The summed E-state index contributed by atoms with van der Waals surface area (Å²) in [5, 5.41) is 10.4. The van der Waals surface area contributed by atoms with E-state index in [2.05, 4.69) is 15.9 Å². The van der Waals surface area contributed by atoms with Crippen molar-refractivity contribution < 1.29 is 33.8 Å². The Morgan fingerprint density at radius 3 is 2.44 bits per heavy atom. The molecule has 3 aliphatic carbocycles. The maximum Gasteiger partial charge on any atom is 0.238 e. The summed E-state index contributed by atoms with van der Waals surface area (Å²) >= 11 is 9.55. The molecule has 0 bridgehead atoms. The highest BCUT2D eigenvalue weighted by atomic mass is 79.9. The molecule has 0 aromatic heterocycles. The van der Waals surface area contributed by atoms with Crippen LogP contribution in [-0.2, 0) is 19.2 Å². The molecule has 1 fully saturated rings. The van der Waals surface area contributed by atoms with Crippen molar-refractivity contribution in [1.82, 2.24) is 0 Å². The number of fused-ring (bicyclic) bond motifs is 3. The third-order valence-electron chi connectivity index (χ3n) is 8.47. The van der Waals surface area contributed by atoms with Gasteiger partial charge >= 0.3 is 0 Å². The predicted molar refractivity (Wildman–Crippen MR) is 153 cm³/mol. The minimum Gasteiger partial charge on any atom is -0.503 e. The number of Topliss-reactive ketones (excluding diaryl/α,β-unsaturated/α-hetero) is 2. The molecular formula is C31H23BrClNO7. The molecule has 8 nitrogen and oxygen atoms in total. The first-order valence-electron chi connectivity index (χ1n) is 13.0. The van der Waals surface area contributed by atoms with Crippen LogP contribution < -0.4 is 9.64 Å². The number of allylic oxidation sites excluding steroid dienone is 6. The number of methoxy groups -OCH3 is 1. The molecule has 1 N–H and O–H groups in total. The third kappa shape index (κ3) is 4.13. The van der Waals surface area contributed by atoms with E-state index in [1.54, 1.807) is 30.3 Å². The molecule has 10 heteroatoms. The zero-order chi connectivity index (χ0) is 29.3. The summed E-state index contributed by atoms with van der Waals surface area (Å²) in [4.78, 5) is 67.3. The number of anilines is 1. The van der Waals surface area contributed by atoms with Crippen molar-refractivity contribution in [2.45, 2.75) is 25.7 Å². The molecule has 0 radical (unpaired) electrons. The number of carbonyl (C=O) groups excluding carboxylic acids is 5. The van der Waals surface area contributed by atoms with Crippen LogP contribution in [0.25, 0.3) is 0 Å². The van der Waals surface area contributed by atoms with Crippen molar-refractivity contribution in [2.75, 3.05) is 12.0 Å². The van der Waals surface area contributed by atoms with E-state index in [9.17, 15) is 29.1 Å². The number of halogens is 2. The topological polar surface area (TPSA) is 118 Å². The first kappa shape index (κ1) is 27.4. The highest BCUT2D eigenvalue weighted by Gasteiger charge is 2.56. The molecule has 4 aliphatic rings. The van der Waals surface area contributed by atoms with Crippen molar-refractivity contribution in [1.29, 1.82) is 0 Å². The van der Waals surface area contributed by atoms with Gasteiger partial charge in [0.2, 0.25) is 11.8 Å². The lowest BCUT2D eigenvalue weighted by atomic mass is 9.59. The van der Waals surface area contributed by atoms with Crippen LogP contribution >= 0.6 is 27.5 Å². The SMILES string of the molecule is COc1cc(C2C3=CCC4C(=O)N(c5ccc(C(C)=O)cc5)C(=O)C4C3CC3=C2C(=O)C=C(Br)C3=O)cc(Cl)c1O. The summed E-state index contributed by atoms with van der Waals surface area (Å²) in [7, 11) is 1.38. The number of ether oxygens (including phenoxy) is 1. The van der Waals surface area contributed by atoms with Crippen molar-refractivity contribution in [2.24, 2.45) is 17.8 Å². The number of phenols is 1. The van der Waals surface area contributed by atoms with Gasteiger partial charge in [-0.15, -0.1) is 0 Å². The van der Waals surface area contributed by atoms with Crippen LogP contribution in [0, 0.1) is 17.8 Å². The Hall–Kier alpha value is -3.82. The summed E-state index contributed by atoms with van der Waals surface area (Å²) in [6.45, 7) is 1.44. The van der Waals surface area contributed by atoms with Gasteiger partial charge in [-0.2, -0.15) is 0 Å². The molecule has 1 heterocycles. The van der Waals surface area contributed by atoms with Gasteiger partial charge in [0.1, 0.15) is 0 Å². The number of aromatic hydroxyl groups is 1. The molecule has 0 spiro atoms. The molecule has 2 aromatic carbocycles. The molecule has 4 atom stereocenters. The molecule has 2 aromatic rings. The van der Waals surface area contributed by atoms with Crippen LogP contribution in [0.5, 0.6) is 11.5 Å². The minimum absolute atomic E-state index is 0.0107. The first-order chi connectivity index (χ1) is 19.5. The third-order valence-corrected chi connectivity index (χ3v) is 9.34. The zero-order valence-corrected chi connectivity index (χ0v) is 24.3. The van der Waals surface area contributed by atoms with Gasteiger partial charge in [0.15, 0.2) is 28.8 Å². The van der Waals surface area contributed by atoms with Crippen LogP contribution in [-0.4, -0.2) is 41.4 Å². The molecular weight excluding hydrogens is 614 g/mol. The van der Waals surface area contributed by atoms with Crippen LogP contribution in [0.1, 0.15) is 41.6 Å². The Bertz CT molecular complexity index is 1690. The second-order valence-electron chi connectivity index (χ2n) is 10.6. The Labute approximate surface area is 248 Å². The van der Waals surface area contributed by atoms with Crippen LogP contribution in [0.3, 0.4) is 0 Å². The number of ketones is 3.